The Kier molecular flexibility index (Phi) is 4.58. The third kappa shape index (κ3) is 3.06. The second-order valence-corrected chi connectivity index (χ2v) is 6.99. The van der Waals surface area contributed by atoms with Crippen LogP contribution in [-0.2, 0) is 13.5 Å². The number of aliphatic hydroxyl groups excluding tert-OH is 1. The van der Waals surface area contributed by atoms with Gasteiger partial charge in [-0.3, -0.25) is 4.79 Å². The van der Waals surface area contributed by atoms with Crippen LogP contribution in [0.25, 0.3) is 11.0 Å². The molecule has 0 fully saturated rings. The summed E-state index contributed by atoms with van der Waals surface area (Å²) in [7, 11) is 1.96. The predicted octanol–water partition coefficient (Wildman–Crippen LogP) is 2.70. The molecule has 0 aliphatic carbocycles. The number of carbonyl (C=O) groups is 1. The minimum atomic E-state index is -0.152. The van der Waals surface area contributed by atoms with Gasteiger partial charge < -0.3 is 20.3 Å². The molecule has 140 valence electrons. The number of rotatable bonds is 4. The number of hydrogen-bond acceptors (Lipinski definition) is 4. The van der Waals surface area contributed by atoms with E-state index >= 15 is 0 Å². The topological polar surface area (TPSA) is 79.2 Å². The first-order valence-electron chi connectivity index (χ1n) is 9.29. The summed E-state index contributed by atoms with van der Waals surface area (Å²) in [5.74, 6) is 0.754. The lowest BCUT2D eigenvalue weighted by Crippen LogP contribution is -2.29. The Labute approximate surface area is 158 Å². The van der Waals surface area contributed by atoms with Crippen molar-refractivity contribution in [2.45, 2.75) is 25.8 Å². The first-order chi connectivity index (χ1) is 13.1. The number of hydrogen-bond donors (Lipinski definition) is 3. The van der Waals surface area contributed by atoms with E-state index in [2.05, 4.69) is 22.8 Å². The highest BCUT2D eigenvalue weighted by atomic mass is 16.3. The van der Waals surface area contributed by atoms with Crippen molar-refractivity contribution in [3.05, 3.63) is 58.9 Å². The maximum absolute atomic E-state index is 12.7. The third-order valence-corrected chi connectivity index (χ3v) is 5.35. The number of anilines is 1. The summed E-state index contributed by atoms with van der Waals surface area (Å²) >= 11 is 0. The van der Waals surface area contributed by atoms with Gasteiger partial charge in [-0.2, -0.15) is 0 Å². The van der Waals surface area contributed by atoms with Gasteiger partial charge in [0.15, 0.2) is 0 Å². The van der Waals surface area contributed by atoms with E-state index < -0.39 is 0 Å². The Hall–Kier alpha value is -2.86. The molecular formula is C21H24N4O2. The van der Waals surface area contributed by atoms with Crippen molar-refractivity contribution in [2.75, 3.05) is 18.5 Å². The van der Waals surface area contributed by atoms with E-state index in [-0.39, 0.29) is 25.1 Å². The number of nitrogens with zero attached hydrogens (tertiary/aromatic N) is 2. The minimum Gasteiger partial charge on any atom is -0.395 e. The zero-order valence-corrected chi connectivity index (χ0v) is 15.6. The van der Waals surface area contributed by atoms with Gasteiger partial charge in [-0.15, -0.1) is 0 Å². The molecule has 1 aromatic heterocycles. The smallest absolute Gasteiger partial charge is 0.251 e. The van der Waals surface area contributed by atoms with Gasteiger partial charge in [0.05, 0.1) is 23.9 Å². The van der Waals surface area contributed by atoms with Crippen molar-refractivity contribution < 1.29 is 9.90 Å². The fourth-order valence-corrected chi connectivity index (χ4v) is 3.83. The number of nitrogens with one attached hydrogen (secondary N) is 2. The highest BCUT2D eigenvalue weighted by Crippen LogP contribution is 2.39. The van der Waals surface area contributed by atoms with Gasteiger partial charge in [0, 0.05) is 19.2 Å². The van der Waals surface area contributed by atoms with Gasteiger partial charge in [-0.25, -0.2) is 4.98 Å². The van der Waals surface area contributed by atoms with Crippen molar-refractivity contribution in [3.8, 4) is 0 Å². The van der Waals surface area contributed by atoms with E-state index in [9.17, 15) is 4.79 Å². The summed E-state index contributed by atoms with van der Waals surface area (Å²) in [5.41, 5.74) is 5.69. The van der Waals surface area contributed by atoms with Gasteiger partial charge in [-0.05, 0) is 37.0 Å². The molecule has 3 N–H and O–H groups in total. The number of aryl methyl sites for hydroxylation is 2. The lowest BCUT2D eigenvalue weighted by Gasteiger charge is -2.29. The molecule has 1 aliphatic heterocycles. The fourth-order valence-electron chi connectivity index (χ4n) is 3.83. The van der Waals surface area contributed by atoms with Crippen LogP contribution in [0, 0.1) is 6.92 Å². The van der Waals surface area contributed by atoms with Crippen molar-refractivity contribution >= 4 is 22.6 Å². The second-order valence-electron chi connectivity index (χ2n) is 6.99. The lowest BCUT2D eigenvalue weighted by molar-refractivity contribution is 0.0944. The molecule has 1 amide bonds. The van der Waals surface area contributed by atoms with Gasteiger partial charge in [-0.1, -0.05) is 30.3 Å². The number of aliphatic hydroxyl groups is 1. The van der Waals surface area contributed by atoms with Crippen LogP contribution < -0.4 is 10.6 Å². The average molecular weight is 364 g/mol. The molecule has 4 rings (SSSR count). The molecule has 3 aromatic rings. The Bertz CT molecular complexity index is 995. The molecule has 27 heavy (non-hydrogen) atoms. The number of carbonyl (C=O) groups excluding carboxylic acids is 1. The fraction of sp³-hybridized carbons (Fsp3) is 0.333. The van der Waals surface area contributed by atoms with Gasteiger partial charge in [0.25, 0.3) is 5.91 Å². The highest BCUT2D eigenvalue weighted by Gasteiger charge is 2.27. The van der Waals surface area contributed by atoms with Crippen LogP contribution in [0.1, 0.15) is 39.8 Å². The van der Waals surface area contributed by atoms with E-state index in [1.165, 1.54) is 5.56 Å². The summed E-state index contributed by atoms with van der Waals surface area (Å²) in [5, 5.41) is 15.5. The Morgan fingerprint density at radius 3 is 2.89 bits per heavy atom. The monoisotopic (exact) mass is 364 g/mol. The van der Waals surface area contributed by atoms with Crippen LogP contribution in [0.3, 0.4) is 0 Å². The van der Waals surface area contributed by atoms with Crippen molar-refractivity contribution in [1.29, 1.82) is 0 Å². The van der Waals surface area contributed by atoms with Crippen LogP contribution >= 0.6 is 0 Å². The molecule has 0 bridgehead atoms. The van der Waals surface area contributed by atoms with E-state index in [1.807, 2.05) is 42.8 Å². The molecule has 0 saturated carbocycles. The number of amides is 1. The number of aromatic nitrogens is 2. The molecule has 0 saturated heterocycles. The molecule has 0 spiro atoms. The quantitative estimate of drug-likeness (QED) is 0.665. The molecular weight excluding hydrogens is 340 g/mol. The molecule has 2 heterocycles. The van der Waals surface area contributed by atoms with Crippen LogP contribution in [0.15, 0.2) is 36.4 Å². The molecule has 1 atom stereocenters. The van der Waals surface area contributed by atoms with Crippen LogP contribution in [-0.4, -0.2) is 33.7 Å². The van der Waals surface area contributed by atoms with Gasteiger partial charge in [0.2, 0.25) is 0 Å². The number of fused-ring (bicyclic) bond motifs is 3. The van der Waals surface area contributed by atoms with Crippen LogP contribution in [0.4, 0.5) is 5.69 Å². The first-order valence-corrected chi connectivity index (χ1v) is 9.29. The maximum atomic E-state index is 12.7. The molecule has 1 aliphatic rings. The predicted molar refractivity (Wildman–Crippen MR) is 106 cm³/mol. The molecule has 1 unspecified atom stereocenters. The second kappa shape index (κ2) is 7.04. The van der Waals surface area contributed by atoms with E-state index in [0.717, 1.165) is 41.0 Å². The number of imidazole rings is 1. The zero-order chi connectivity index (χ0) is 19.0. The zero-order valence-electron chi connectivity index (χ0n) is 15.6. The summed E-state index contributed by atoms with van der Waals surface area (Å²) in [6.07, 6.45) is 1.71. The average Bonchev–Trinajstić information content (AvgIpc) is 3.00. The molecule has 6 heteroatoms. The molecule has 0 radical (unpaired) electrons. The third-order valence-electron chi connectivity index (χ3n) is 5.35. The normalized spacial score (nSPS) is 16.0. The summed E-state index contributed by atoms with van der Waals surface area (Å²) in [6.45, 7) is 2.14. The Morgan fingerprint density at radius 2 is 2.15 bits per heavy atom. The molecule has 2 aromatic carbocycles. The van der Waals surface area contributed by atoms with E-state index in [0.29, 0.717) is 5.56 Å². The van der Waals surface area contributed by atoms with E-state index in [1.54, 1.807) is 0 Å². The molecule has 6 nitrogen and oxygen atoms in total. The Balaban J connectivity index is 1.83. The lowest BCUT2D eigenvalue weighted by atomic mass is 9.89. The summed E-state index contributed by atoms with van der Waals surface area (Å²) in [6, 6.07) is 12.5. The van der Waals surface area contributed by atoms with Crippen molar-refractivity contribution in [1.82, 2.24) is 14.9 Å². The standard InChI is InChI=1S/C21H24N4O2/c1-13-23-20-18(25(13)2)12-16(21(27)22-10-11-26)15-8-9-17(24-19(15)20)14-6-4-3-5-7-14/h3-7,12,17,24,26H,8-11H2,1-2H3,(H,22,27). The maximum Gasteiger partial charge on any atom is 0.251 e. The van der Waals surface area contributed by atoms with Crippen molar-refractivity contribution in [2.24, 2.45) is 7.05 Å². The highest BCUT2D eigenvalue weighted by molar-refractivity contribution is 6.04. The van der Waals surface area contributed by atoms with Gasteiger partial charge in [0.1, 0.15) is 11.3 Å². The van der Waals surface area contributed by atoms with Crippen molar-refractivity contribution in [3.63, 3.8) is 0 Å². The van der Waals surface area contributed by atoms with Gasteiger partial charge >= 0.3 is 0 Å². The summed E-state index contributed by atoms with van der Waals surface area (Å²) < 4.78 is 2.01. The minimum absolute atomic E-state index is 0.0741. The summed E-state index contributed by atoms with van der Waals surface area (Å²) in [4.78, 5) is 17.5. The van der Waals surface area contributed by atoms with Crippen LogP contribution in [0.2, 0.25) is 0 Å². The Morgan fingerprint density at radius 1 is 1.37 bits per heavy atom. The SMILES string of the molecule is Cc1nc2c3c(c(C(=O)NCCO)cc2n1C)CCC(c1ccccc1)N3. The number of benzene rings is 2. The first kappa shape index (κ1) is 17.5. The largest absolute Gasteiger partial charge is 0.395 e. The van der Waals surface area contributed by atoms with E-state index in [4.69, 9.17) is 10.1 Å². The van der Waals surface area contributed by atoms with Crippen LogP contribution in [0.5, 0.6) is 0 Å².